The van der Waals surface area contributed by atoms with Gasteiger partial charge >= 0.3 is 5.97 Å². The van der Waals surface area contributed by atoms with Crippen LogP contribution in [0.1, 0.15) is 328 Å². The molecule has 0 fully saturated rings. The summed E-state index contributed by atoms with van der Waals surface area (Å²) in [6.45, 7) is 4.91. The maximum atomic E-state index is 12.5. The minimum atomic E-state index is -0.849. The Bertz CT molecular complexity index is 1040. The lowest BCUT2D eigenvalue weighted by atomic mass is 10.0. The third-order valence-corrected chi connectivity index (χ3v) is 14.0. The predicted molar refractivity (Wildman–Crippen MR) is 292 cm³/mol. The van der Waals surface area contributed by atoms with Crippen molar-refractivity contribution in [2.24, 2.45) is 0 Å². The average Bonchev–Trinajstić information content (AvgIpc) is 3.33. The summed E-state index contributed by atoms with van der Waals surface area (Å²) in [6.07, 6.45) is 69.2. The second kappa shape index (κ2) is 56.9. The SMILES string of the molecule is CCCCCCCCCCCCCCCCC/C=C/C(O)C(CO)NC(=O)CCCCCCCCC/C=C\CCCCCCCCCCCCOC(=O)CCCCCCCCCCCCCC. The monoisotopic (exact) mass is 944 g/mol. The molecule has 0 aliphatic heterocycles. The zero-order valence-electron chi connectivity index (χ0n) is 45.1. The molecule has 0 aromatic carbocycles. The summed E-state index contributed by atoms with van der Waals surface area (Å²) in [5.41, 5.74) is 0. The minimum Gasteiger partial charge on any atom is -0.466 e. The van der Waals surface area contributed by atoms with E-state index in [2.05, 4.69) is 31.3 Å². The van der Waals surface area contributed by atoms with Crippen LogP contribution in [0, 0.1) is 0 Å². The molecule has 0 bridgehead atoms. The third kappa shape index (κ3) is 53.5. The van der Waals surface area contributed by atoms with Crippen molar-refractivity contribution in [3.63, 3.8) is 0 Å². The molecule has 396 valence electrons. The summed E-state index contributed by atoms with van der Waals surface area (Å²) >= 11 is 0. The van der Waals surface area contributed by atoms with E-state index in [0.717, 1.165) is 44.9 Å². The summed E-state index contributed by atoms with van der Waals surface area (Å²) in [5.74, 6) is -0.0652. The molecule has 0 rings (SSSR count). The topological polar surface area (TPSA) is 95.9 Å². The zero-order chi connectivity index (χ0) is 48.6. The van der Waals surface area contributed by atoms with Crippen LogP contribution in [0.3, 0.4) is 0 Å². The summed E-state index contributed by atoms with van der Waals surface area (Å²) in [5, 5.41) is 23.1. The number of carbonyl (C=O) groups excluding carboxylic acids is 2. The Balaban J connectivity index is 3.45. The smallest absolute Gasteiger partial charge is 0.305 e. The van der Waals surface area contributed by atoms with Crippen LogP contribution in [0.5, 0.6) is 0 Å². The number of esters is 1. The van der Waals surface area contributed by atoms with Crippen LogP contribution in [0.2, 0.25) is 0 Å². The Morgan fingerprint density at radius 1 is 0.403 bits per heavy atom. The van der Waals surface area contributed by atoms with E-state index in [1.165, 1.54) is 257 Å². The minimum absolute atomic E-state index is 0.00848. The maximum absolute atomic E-state index is 12.5. The average molecular weight is 945 g/mol. The standard InChI is InChI=1S/C61H117NO5/c1-3-5-7-9-11-13-15-17-18-24-27-30-33-37-41-45-49-53-59(64)58(57-63)62-60(65)54-50-46-42-38-34-31-28-25-22-20-19-21-23-26-29-32-36-40-44-48-52-56-67-61(66)55-51-47-43-39-35-16-14-12-10-8-6-4-2/h20,22,49,53,58-59,63-64H,3-19,21,23-48,50-52,54-57H2,1-2H3,(H,62,65)/b22-20-,53-49+. The highest BCUT2D eigenvalue weighted by molar-refractivity contribution is 5.76. The molecule has 0 aromatic rings. The molecule has 0 saturated carbocycles. The van der Waals surface area contributed by atoms with Crippen LogP contribution in [-0.2, 0) is 14.3 Å². The maximum Gasteiger partial charge on any atom is 0.305 e. The van der Waals surface area contributed by atoms with Gasteiger partial charge in [0.2, 0.25) is 5.91 Å². The highest BCUT2D eigenvalue weighted by Gasteiger charge is 2.18. The zero-order valence-corrected chi connectivity index (χ0v) is 45.1. The number of nitrogens with one attached hydrogen (secondary N) is 1. The van der Waals surface area contributed by atoms with Crippen LogP contribution in [0.15, 0.2) is 24.3 Å². The van der Waals surface area contributed by atoms with E-state index < -0.39 is 12.1 Å². The molecule has 0 spiro atoms. The highest BCUT2D eigenvalue weighted by Crippen LogP contribution is 2.17. The van der Waals surface area contributed by atoms with E-state index in [1.807, 2.05) is 6.08 Å². The molecular weight excluding hydrogens is 827 g/mol. The van der Waals surface area contributed by atoms with Gasteiger partial charge in [0.25, 0.3) is 0 Å². The Hall–Kier alpha value is -1.66. The number of aliphatic hydroxyl groups is 2. The van der Waals surface area contributed by atoms with Crippen molar-refractivity contribution in [3.8, 4) is 0 Å². The van der Waals surface area contributed by atoms with Crippen molar-refractivity contribution < 1.29 is 24.5 Å². The molecule has 67 heavy (non-hydrogen) atoms. The molecule has 0 heterocycles. The lowest BCUT2D eigenvalue weighted by Gasteiger charge is -2.20. The van der Waals surface area contributed by atoms with Crippen LogP contribution >= 0.6 is 0 Å². The number of hydrogen-bond donors (Lipinski definition) is 3. The van der Waals surface area contributed by atoms with Gasteiger partial charge in [0, 0.05) is 12.8 Å². The van der Waals surface area contributed by atoms with Gasteiger partial charge in [-0.15, -0.1) is 0 Å². The van der Waals surface area contributed by atoms with E-state index in [0.29, 0.717) is 19.4 Å². The highest BCUT2D eigenvalue weighted by atomic mass is 16.5. The molecule has 1 amide bonds. The van der Waals surface area contributed by atoms with E-state index in [-0.39, 0.29) is 18.5 Å². The van der Waals surface area contributed by atoms with E-state index >= 15 is 0 Å². The van der Waals surface area contributed by atoms with Gasteiger partial charge in [0.05, 0.1) is 25.4 Å². The van der Waals surface area contributed by atoms with Gasteiger partial charge in [-0.1, -0.05) is 282 Å². The van der Waals surface area contributed by atoms with Crippen LogP contribution in [0.25, 0.3) is 0 Å². The molecule has 2 unspecified atom stereocenters. The van der Waals surface area contributed by atoms with Crippen molar-refractivity contribution in [1.82, 2.24) is 5.32 Å². The van der Waals surface area contributed by atoms with Crippen molar-refractivity contribution >= 4 is 11.9 Å². The van der Waals surface area contributed by atoms with Crippen molar-refractivity contribution in [2.75, 3.05) is 13.2 Å². The van der Waals surface area contributed by atoms with Crippen molar-refractivity contribution in [2.45, 2.75) is 341 Å². The van der Waals surface area contributed by atoms with Crippen LogP contribution in [0.4, 0.5) is 0 Å². The van der Waals surface area contributed by atoms with Gasteiger partial charge in [0.15, 0.2) is 0 Å². The van der Waals surface area contributed by atoms with Gasteiger partial charge in [-0.05, 0) is 57.8 Å². The fraction of sp³-hybridized carbons (Fsp3) is 0.902. The number of allylic oxidation sites excluding steroid dienone is 3. The fourth-order valence-electron chi connectivity index (χ4n) is 9.34. The lowest BCUT2D eigenvalue weighted by molar-refractivity contribution is -0.143. The largest absolute Gasteiger partial charge is 0.466 e. The number of unbranched alkanes of at least 4 members (excludes halogenated alkanes) is 43. The Kier molecular flexibility index (Phi) is 55.5. The number of amides is 1. The molecule has 0 saturated heterocycles. The molecule has 2 atom stereocenters. The lowest BCUT2D eigenvalue weighted by Crippen LogP contribution is -2.45. The van der Waals surface area contributed by atoms with Crippen molar-refractivity contribution in [3.05, 3.63) is 24.3 Å². The van der Waals surface area contributed by atoms with Gasteiger partial charge in [-0.3, -0.25) is 9.59 Å². The van der Waals surface area contributed by atoms with E-state index in [4.69, 9.17) is 4.74 Å². The molecular formula is C61H117NO5. The number of rotatable bonds is 56. The number of hydrogen-bond acceptors (Lipinski definition) is 5. The summed E-state index contributed by atoms with van der Waals surface area (Å²) in [6, 6.07) is -0.633. The Morgan fingerprint density at radius 3 is 1.06 bits per heavy atom. The predicted octanol–water partition coefficient (Wildman–Crippen LogP) is 18.6. The quantitative estimate of drug-likeness (QED) is 0.0321. The van der Waals surface area contributed by atoms with Gasteiger partial charge in [-0.2, -0.15) is 0 Å². The number of ether oxygens (including phenoxy) is 1. The first-order chi connectivity index (χ1) is 33.0. The second-order valence-electron chi connectivity index (χ2n) is 20.7. The number of aliphatic hydroxyl groups excluding tert-OH is 2. The van der Waals surface area contributed by atoms with Crippen molar-refractivity contribution in [1.29, 1.82) is 0 Å². The van der Waals surface area contributed by atoms with Gasteiger partial charge < -0.3 is 20.3 Å². The van der Waals surface area contributed by atoms with E-state index in [9.17, 15) is 19.8 Å². The van der Waals surface area contributed by atoms with Crippen LogP contribution in [-0.4, -0.2) is 47.4 Å². The molecule has 3 N–H and O–H groups in total. The Morgan fingerprint density at radius 2 is 0.701 bits per heavy atom. The third-order valence-electron chi connectivity index (χ3n) is 14.0. The Labute approximate surface area is 418 Å². The fourth-order valence-corrected chi connectivity index (χ4v) is 9.34. The molecule has 0 radical (unpaired) electrons. The first-order valence-electron chi connectivity index (χ1n) is 30.1. The molecule has 0 aliphatic carbocycles. The molecule has 0 aromatic heterocycles. The van der Waals surface area contributed by atoms with Crippen LogP contribution < -0.4 is 5.32 Å². The van der Waals surface area contributed by atoms with Gasteiger partial charge in [-0.25, -0.2) is 0 Å². The number of carbonyl (C=O) groups is 2. The molecule has 6 nitrogen and oxygen atoms in total. The second-order valence-corrected chi connectivity index (χ2v) is 20.7. The first kappa shape index (κ1) is 65.3. The summed E-state index contributed by atoms with van der Waals surface area (Å²) < 4.78 is 5.47. The normalized spacial score (nSPS) is 12.7. The summed E-state index contributed by atoms with van der Waals surface area (Å²) in [4.78, 5) is 24.5. The first-order valence-corrected chi connectivity index (χ1v) is 30.1. The molecule has 0 aliphatic rings. The van der Waals surface area contributed by atoms with E-state index in [1.54, 1.807) is 6.08 Å². The molecule has 6 heteroatoms. The van der Waals surface area contributed by atoms with Gasteiger partial charge in [0.1, 0.15) is 0 Å². The summed E-state index contributed by atoms with van der Waals surface area (Å²) in [7, 11) is 0.